The van der Waals surface area contributed by atoms with Gasteiger partial charge in [0.15, 0.2) is 16.7 Å². The number of rotatable bonds is 5. The van der Waals surface area contributed by atoms with E-state index in [-0.39, 0.29) is 24.0 Å². The highest BCUT2D eigenvalue weighted by Gasteiger charge is 2.17. The number of anilines is 1. The van der Waals surface area contributed by atoms with Crippen LogP contribution in [-0.2, 0) is 4.79 Å². The monoisotopic (exact) mass is 479 g/mol. The summed E-state index contributed by atoms with van der Waals surface area (Å²) in [7, 11) is 0. The summed E-state index contributed by atoms with van der Waals surface area (Å²) in [5, 5.41) is 4.18. The van der Waals surface area contributed by atoms with Crippen molar-refractivity contribution in [1.82, 2.24) is 9.55 Å². The molecule has 1 N–H and O–H groups in total. The van der Waals surface area contributed by atoms with E-state index in [9.17, 15) is 9.59 Å². The molecule has 0 saturated carbocycles. The van der Waals surface area contributed by atoms with Gasteiger partial charge in [0.1, 0.15) is 0 Å². The van der Waals surface area contributed by atoms with Crippen molar-refractivity contribution in [1.29, 1.82) is 0 Å². The third-order valence-electron chi connectivity index (χ3n) is 5.05. The maximum absolute atomic E-state index is 13.4. The van der Waals surface area contributed by atoms with Crippen LogP contribution in [0, 0.1) is 6.92 Å². The predicted molar refractivity (Wildman–Crippen MR) is 129 cm³/mol. The molecule has 3 aromatic carbocycles. The first-order valence-electron chi connectivity index (χ1n) is 10.1. The number of thioether (sulfide) groups is 1. The first-order chi connectivity index (χ1) is 16.0. The lowest BCUT2D eigenvalue weighted by Crippen LogP contribution is -2.23. The van der Waals surface area contributed by atoms with Crippen LogP contribution >= 0.6 is 23.4 Å². The van der Waals surface area contributed by atoms with Gasteiger partial charge in [-0.3, -0.25) is 14.2 Å². The number of hydrogen-bond acceptors (Lipinski definition) is 6. The average molecular weight is 480 g/mol. The average Bonchev–Trinajstić information content (AvgIpc) is 3.25. The zero-order chi connectivity index (χ0) is 22.9. The lowest BCUT2D eigenvalue weighted by atomic mass is 10.2. The van der Waals surface area contributed by atoms with Gasteiger partial charge in [-0.1, -0.05) is 35.5 Å². The fourth-order valence-corrected chi connectivity index (χ4v) is 4.51. The minimum atomic E-state index is -0.241. The minimum Gasteiger partial charge on any atom is -0.454 e. The van der Waals surface area contributed by atoms with Crippen molar-refractivity contribution in [3.63, 3.8) is 0 Å². The van der Waals surface area contributed by atoms with Crippen molar-refractivity contribution in [3.8, 4) is 17.2 Å². The van der Waals surface area contributed by atoms with Crippen molar-refractivity contribution >= 4 is 45.9 Å². The molecule has 5 rings (SSSR count). The van der Waals surface area contributed by atoms with Crippen LogP contribution in [0.25, 0.3) is 16.6 Å². The van der Waals surface area contributed by atoms with Gasteiger partial charge in [-0.15, -0.1) is 0 Å². The molecule has 2 heterocycles. The second-order valence-electron chi connectivity index (χ2n) is 7.44. The molecule has 0 atom stereocenters. The number of carbonyl (C=O) groups is 1. The number of amides is 1. The van der Waals surface area contributed by atoms with Crippen molar-refractivity contribution < 1.29 is 14.3 Å². The Bertz CT molecular complexity index is 1450. The number of carbonyl (C=O) groups excluding carboxylic acids is 1. The van der Waals surface area contributed by atoms with Crippen molar-refractivity contribution in [3.05, 3.63) is 81.6 Å². The Kier molecular flexibility index (Phi) is 5.70. The first-order valence-corrected chi connectivity index (χ1v) is 11.5. The molecule has 0 radical (unpaired) electrons. The van der Waals surface area contributed by atoms with Crippen LogP contribution in [0.2, 0.25) is 5.02 Å². The second-order valence-corrected chi connectivity index (χ2v) is 8.82. The highest BCUT2D eigenvalue weighted by atomic mass is 35.5. The van der Waals surface area contributed by atoms with E-state index in [0.29, 0.717) is 44.0 Å². The standard InChI is InChI=1S/C24H18ClN3O4S/c1-14-3-2-4-17(9-14)28-23(30)18-7-5-15(25)10-19(18)27-24(28)33-12-22(29)26-16-6-8-20-21(11-16)32-13-31-20/h2-11H,12-13H2,1H3,(H,26,29). The lowest BCUT2D eigenvalue weighted by Gasteiger charge is -2.14. The van der Waals surface area contributed by atoms with E-state index < -0.39 is 0 Å². The summed E-state index contributed by atoms with van der Waals surface area (Å²) in [6, 6.07) is 17.8. The second kappa shape index (κ2) is 8.80. The Balaban J connectivity index is 1.45. The van der Waals surface area contributed by atoms with Crippen LogP contribution in [-0.4, -0.2) is 28.0 Å². The quantitative estimate of drug-likeness (QED) is 0.327. The normalized spacial score (nSPS) is 12.2. The third kappa shape index (κ3) is 4.40. The summed E-state index contributed by atoms with van der Waals surface area (Å²) in [5.41, 5.74) is 2.55. The number of halogens is 1. The highest BCUT2D eigenvalue weighted by molar-refractivity contribution is 7.99. The van der Waals surface area contributed by atoms with Crippen LogP contribution in [0.5, 0.6) is 11.5 Å². The number of fused-ring (bicyclic) bond motifs is 2. The van der Waals surface area contributed by atoms with E-state index in [1.165, 1.54) is 16.3 Å². The first kappa shape index (κ1) is 21.4. The zero-order valence-corrected chi connectivity index (χ0v) is 19.1. The summed E-state index contributed by atoms with van der Waals surface area (Å²) in [5.74, 6) is 1.04. The van der Waals surface area contributed by atoms with Gasteiger partial charge in [-0.25, -0.2) is 4.98 Å². The number of nitrogens with one attached hydrogen (secondary N) is 1. The molecule has 0 unspecified atom stereocenters. The van der Waals surface area contributed by atoms with Gasteiger partial charge in [-0.05, 0) is 55.0 Å². The molecule has 4 aromatic rings. The maximum Gasteiger partial charge on any atom is 0.266 e. The molecule has 0 aliphatic carbocycles. The summed E-state index contributed by atoms with van der Waals surface area (Å²) in [6.45, 7) is 2.12. The van der Waals surface area contributed by atoms with Gasteiger partial charge in [0.2, 0.25) is 12.7 Å². The van der Waals surface area contributed by atoms with E-state index in [1.807, 2.05) is 31.2 Å². The number of nitrogens with zero attached hydrogens (tertiary/aromatic N) is 2. The van der Waals surface area contributed by atoms with Crippen LogP contribution in [0.3, 0.4) is 0 Å². The molecule has 0 spiro atoms. The summed E-state index contributed by atoms with van der Waals surface area (Å²) < 4.78 is 12.2. The molecule has 33 heavy (non-hydrogen) atoms. The van der Waals surface area contributed by atoms with Gasteiger partial charge in [-0.2, -0.15) is 0 Å². The Morgan fingerprint density at radius 3 is 2.82 bits per heavy atom. The van der Waals surface area contributed by atoms with Crippen molar-refractivity contribution in [2.75, 3.05) is 17.9 Å². The fourth-order valence-electron chi connectivity index (χ4n) is 3.53. The van der Waals surface area contributed by atoms with E-state index >= 15 is 0 Å². The van der Waals surface area contributed by atoms with Gasteiger partial charge in [0.05, 0.1) is 22.3 Å². The SMILES string of the molecule is Cc1cccc(-n2c(SCC(=O)Nc3ccc4c(c3)OCO4)nc3cc(Cl)ccc3c2=O)c1. The molecular weight excluding hydrogens is 462 g/mol. The number of ether oxygens (including phenoxy) is 2. The topological polar surface area (TPSA) is 82.5 Å². The highest BCUT2D eigenvalue weighted by Crippen LogP contribution is 2.34. The maximum atomic E-state index is 13.4. The number of aromatic nitrogens is 2. The Morgan fingerprint density at radius 2 is 1.97 bits per heavy atom. The molecule has 1 amide bonds. The zero-order valence-electron chi connectivity index (χ0n) is 17.5. The number of benzene rings is 3. The number of hydrogen-bond donors (Lipinski definition) is 1. The fraction of sp³-hybridized carbons (Fsp3) is 0.125. The predicted octanol–water partition coefficient (Wildman–Crippen LogP) is 4.81. The smallest absolute Gasteiger partial charge is 0.266 e. The lowest BCUT2D eigenvalue weighted by molar-refractivity contribution is -0.113. The molecule has 1 aliphatic rings. The van der Waals surface area contributed by atoms with Gasteiger partial charge in [0, 0.05) is 16.8 Å². The Morgan fingerprint density at radius 1 is 1.12 bits per heavy atom. The Labute approximate surface area is 198 Å². The van der Waals surface area contributed by atoms with E-state index in [4.69, 9.17) is 21.1 Å². The van der Waals surface area contributed by atoms with Gasteiger partial charge >= 0.3 is 0 Å². The Hall–Kier alpha value is -3.49. The van der Waals surface area contributed by atoms with Crippen molar-refractivity contribution in [2.45, 2.75) is 12.1 Å². The van der Waals surface area contributed by atoms with Crippen molar-refractivity contribution in [2.24, 2.45) is 0 Å². The summed E-state index contributed by atoms with van der Waals surface area (Å²) in [6.07, 6.45) is 0. The van der Waals surface area contributed by atoms with E-state index in [0.717, 1.165) is 5.56 Å². The molecule has 0 saturated heterocycles. The summed E-state index contributed by atoms with van der Waals surface area (Å²) >= 11 is 7.30. The van der Waals surface area contributed by atoms with Crippen LogP contribution in [0.1, 0.15) is 5.56 Å². The largest absolute Gasteiger partial charge is 0.454 e. The van der Waals surface area contributed by atoms with Crippen LogP contribution in [0.15, 0.2) is 70.6 Å². The molecule has 9 heteroatoms. The minimum absolute atomic E-state index is 0.0543. The molecule has 0 fully saturated rings. The molecular formula is C24H18ClN3O4S. The van der Waals surface area contributed by atoms with E-state index in [2.05, 4.69) is 10.3 Å². The van der Waals surface area contributed by atoms with Gasteiger partial charge < -0.3 is 14.8 Å². The molecule has 1 aromatic heterocycles. The molecule has 166 valence electrons. The molecule has 7 nitrogen and oxygen atoms in total. The van der Waals surface area contributed by atoms with Crippen LogP contribution in [0.4, 0.5) is 5.69 Å². The number of aryl methyl sites for hydroxylation is 1. The molecule has 1 aliphatic heterocycles. The van der Waals surface area contributed by atoms with Gasteiger partial charge in [0.25, 0.3) is 5.56 Å². The third-order valence-corrected chi connectivity index (χ3v) is 6.22. The van der Waals surface area contributed by atoms with E-state index in [1.54, 1.807) is 36.4 Å². The molecule has 0 bridgehead atoms. The van der Waals surface area contributed by atoms with Crippen LogP contribution < -0.4 is 20.3 Å². The summed E-state index contributed by atoms with van der Waals surface area (Å²) in [4.78, 5) is 30.7.